The average molecular weight is 440 g/mol. The Morgan fingerprint density at radius 2 is 1.53 bits per heavy atom. The van der Waals surface area contributed by atoms with Crippen LogP contribution in [0.3, 0.4) is 0 Å². The molecule has 170 valence electrons. The number of fused-ring (bicyclic) bond motifs is 3. The second-order valence-electron chi connectivity index (χ2n) is 8.09. The molecule has 0 fully saturated rings. The van der Waals surface area contributed by atoms with Gasteiger partial charge in [-0.1, -0.05) is 55.5 Å². The number of aliphatic carboxylic acids is 1. The number of ether oxygens (including phenoxy) is 1. The Kier molecular flexibility index (Phi) is 7.48. The van der Waals surface area contributed by atoms with Crippen LogP contribution in [0.4, 0.5) is 4.79 Å². The summed E-state index contributed by atoms with van der Waals surface area (Å²) in [5, 5.41) is 14.4. The van der Waals surface area contributed by atoms with Crippen molar-refractivity contribution >= 4 is 18.0 Å². The lowest BCUT2D eigenvalue weighted by atomic mass is 9.98. The van der Waals surface area contributed by atoms with Crippen LogP contribution in [0, 0.1) is 0 Å². The number of amides is 2. The number of benzene rings is 2. The van der Waals surface area contributed by atoms with E-state index in [0.29, 0.717) is 6.42 Å². The Balaban J connectivity index is 1.61. The van der Waals surface area contributed by atoms with Crippen LogP contribution < -0.4 is 10.6 Å². The monoisotopic (exact) mass is 439 g/mol. The van der Waals surface area contributed by atoms with Gasteiger partial charge in [0.15, 0.2) is 0 Å². The van der Waals surface area contributed by atoms with Crippen molar-refractivity contribution in [3.63, 3.8) is 0 Å². The van der Waals surface area contributed by atoms with Crippen LogP contribution >= 0.6 is 0 Å². The third-order valence-electron chi connectivity index (χ3n) is 5.52. The van der Waals surface area contributed by atoms with E-state index in [2.05, 4.69) is 22.8 Å². The SMILES string of the molecule is CCC(NC(=O)OCC1c2ccccc2-c2ccccc21)C(=O)N[C@@H](CN(C)C)C(=O)O. The van der Waals surface area contributed by atoms with Crippen LogP contribution in [-0.2, 0) is 14.3 Å². The normalized spacial score (nSPS) is 14.2. The standard InChI is InChI=1S/C24H29N3O5/c1-4-20(22(28)25-21(23(29)30)13-27(2)3)26-24(31)32-14-19-17-11-7-5-9-15(17)16-10-6-8-12-18(16)19/h5-12,19-21H,4,13-14H2,1-3H3,(H,25,28)(H,26,31)(H,29,30)/t20?,21-/m0/s1. The number of hydrogen-bond donors (Lipinski definition) is 3. The van der Waals surface area contributed by atoms with Crippen molar-refractivity contribution in [2.75, 3.05) is 27.2 Å². The molecule has 2 aromatic rings. The summed E-state index contributed by atoms with van der Waals surface area (Å²) in [5.41, 5.74) is 4.45. The zero-order valence-corrected chi connectivity index (χ0v) is 18.5. The maximum absolute atomic E-state index is 12.5. The lowest BCUT2D eigenvalue weighted by Crippen LogP contribution is -2.54. The molecule has 8 nitrogen and oxygen atoms in total. The van der Waals surface area contributed by atoms with E-state index in [4.69, 9.17) is 4.74 Å². The smallest absolute Gasteiger partial charge is 0.407 e. The molecule has 8 heteroatoms. The fourth-order valence-electron chi connectivity index (χ4n) is 3.96. The quantitative estimate of drug-likeness (QED) is 0.554. The summed E-state index contributed by atoms with van der Waals surface area (Å²) in [4.78, 5) is 38.1. The molecule has 32 heavy (non-hydrogen) atoms. The van der Waals surface area contributed by atoms with Gasteiger partial charge < -0.3 is 25.4 Å². The Labute approximate surface area is 187 Å². The minimum Gasteiger partial charge on any atom is -0.480 e. The number of carbonyl (C=O) groups excluding carboxylic acids is 2. The maximum atomic E-state index is 12.5. The van der Waals surface area contributed by atoms with Crippen molar-refractivity contribution in [3.8, 4) is 11.1 Å². The topological polar surface area (TPSA) is 108 Å². The highest BCUT2D eigenvalue weighted by Gasteiger charge is 2.30. The maximum Gasteiger partial charge on any atom is 0.407 e. The van der Waals surface area contributed by atoms with Crippen molar-refractivity contribution < 1.29 is 24.2 Å². The minimum absolute atomic E-state index is 0.0847. The molecule has 0 aromatic heterocycles. The predicted molar refractivity (Wildman–Crippen MR) is 120 cm³/mol. The Morgan fingerprint density at radius 3 is 2.03 bits per heavy atom. The minimum atomic E-state index is -1.14. The van der Waals surface area contributed by atoms with Crippen molar-refractivity contribution in [2.24, 2.45) is 0 Å². The first-order valence-electron chi connectivity index (χ1n) is 10.6. The van der Waals surface area contributed by atoms with Gasteiger partial charge >= 0.3 is 12.1 Å². The fraction of sp³-hybridized carbons (Fsp3) is 0.375. The molecule has 2 aromatic carbocycles. The van der Waals surface area contributed by atoms with Gasteiger partial charge in [-0.05, 0) is 42.8 Å². The molecule has 1 aliphatic rings. The summed E-state index contributed by atoms with van der Waals surface area (Å²) in [6, 6.07) is 14.1. The molecule has 0 saturated carbocycles. The Hall–Kier alpha value is -3.39. The third kappa shape index (κ3) is 5.26. The summed E-state index contributed by atoms with van der Waals surface area (Å²) in [7, 11) is 3.43. The molecule has 0 aliphatic heterocycles. The first-order valence-corrected chi connectivity index (χ1v) is 10.6. The number of carboxylic acid groups (broad SMARTS) is 1. The molecule has 2 atom stereocenters. The van der Waals surface area contributed by atoms with Crippen molar-refractivity contribution in [1.29, 1.82) is 0 Å². The molecule has 3 N–H and O–H groups in total. The lowest BCUT2D eigenvalue weighted by Gasteiger charge is -2.22. The van der Waals surface area contributed by atoms with Gasteiger partial charge in [-0.3, -0.25) is 4.79 Å². The second kappa shape index (κ2) is 10.3. The van der Waals surface area contributed by atoms with E-state index in [9.17, 15) is 19.5 Å². The summed E-state index contributed by atoms with van der Waals surface area (Å²) >= 11 is 0. The van der Waals surface area contributed by atoms with Crippen LogP contribution in [0.15, 0.2) is 48.5 Å². The van der Waals surface area contributed by atoms with Crippen LogP contribution in [-0.4, -0.2) is 67.3 Å². The van der Waals surface area contributed by atoms with Gasteiger partial charge in [0.05, 0.1) is 0 Å². The predicted octanol–water partition coefficient (Wildman–Crippen LogP) is 2.43. The number of alkyl carbamates (subject to hydrolysis) is 1. The molecule has 0 saturated heterocycles. The van der Waals surface area contributed by atoms with Gasteiger partial charge in [0, 0.05) is 12.5 Å². The molecule has 0 heterocycles. The van der Waals surface area contributed by atoms with Gasteiger partial charge in [-0.25, -0.2) is 9.59 Å². The lowest BCUT2D eigenvalue weighted by molar-refractivity contribution is -0.142. The number of likely N-dealkylation sites (N-methyl/N-ethyl adjacent to an activating group) is 1. The molecular formula is C24H29N3O5. The van der Waals surface area contributed by atoms with Gasteiger partial charge in [0.2, 0.25) is 5.91 Å². The molecule has 3 rings (SSSR count). The molecule has 1 unspecified atom stereocenters. The summed E-state index contributed by atoms with van der Waals surface area (Å²) in [6.07, 6.45) is -0.419. The zero-order valence-electron chi connectivity index (χ0n) is 18.5. The van der Waals surface area contributed by atoms with Gasteiger partial charge in [-0.2, -0.15) is 0 Å². The molecule has 2 amide bonds. The molecule has 0 radical (unpaired) electrons. The van der Waals surface area contributed by atoms with Crippen LogP contribution in [0.2, 0.25) is 0 Å². The van der Waals surface area contributed by atoms with Crippen molar-refractivity contribution in [2.45, 2.75) is 31.3 Å². The van der Waals surface area contributed by atoms with E-state index in [0.717, 1.165) is 22.3 Å². The van der Waals surface area contributed by atoms with Gasteiger partial charge in [0.1, 0.15) is 18.7 Å². The first kappa shape index (κ1) is 23.3. The molecule has 0 bridgehead atoms. The summed E-state index contributed by atoms with van der Waals surface area (Å²) in [5.74, 6) is -1.78. The van der Waals surface area contributed by atoms with E-state index in [-0.39, 0.29) is 19.1 Å². The van der Waals surface area contributed by atoms with E-state index >= 15 is 0 Å². The number of hydrogen-bond acceptors (Lipinski definition) is 5. The van der Waals surface area contributed by atoms with E-state index in [1.807, 2.05) is 36.4 Å². The number of nitrogens with one attached hydrogen (secondary N) is 2. The van der Waals surface area contributed by atoms with E-state index < -0.39 is 30.1 Å². The van der Waals surface area contributed by atoms with Gasteiger partial charge in [-0.15, -0.1) is 0 Å². The number of rotatable bonds is 9. The highest BCUT2D eigenvalue weighted by atomic mass is 16.5. The van der Waals surface area contributed by atoms with E-state index in [1.54, 1.807) is 25.9 Å². The summed E-state index contributed by atoms with van der Waals surface area (Å²) in [6.45, 7) is 2.01. The largest absolute Gasteiger partial charge is 0.480 e. The number of carboxylic acids is 1. The second-order valence-corrected chi connectivity index (χ2v) is 8.09. The molecule has 0 spiro atoms. The molecular weight excluding hydrogens is 410 g/mol. The number of carbonyl (C=O) groups is 3. The zero-order chi connectivity index (χ0) is 23.3. The highest BCUT2D eigenvalue weighted by Crippen LogP contribution is 2.44. The van der Waals surface area contributed by atoms with Gasteiger partial charge in [0.25, 0.3) is 0 Å². The fourth-order valence-corrected chi connectivity index (χ4v) is 3.96. The van der Waals surface area contributed by atoms with Crippen LogP contribution in [0.5, 0.6) is 0 Å². The first-order chi connectivity index (χ1) is 15.3. The van der Waals surface area contributed by atoms with Crippen LogP contribution in [0.1, 0.15) is 30.4 Å². The Morgan fingerprint density at radius 1 is 0.969 bits per heavy atom. The highest BCUT2D eigenvalue weighted by molar-refractivity contribution is 5.89. The average Bonchev–Trinajstić information content (AvgIpc) is 3.09. The van der Waals surface area contributed by atoms with Crippen molar-refractivity contribution in [1.82, 2.24) is 15.5 Å². The van der Waals surface area contributed by atoms with E-state index in [1.165, 1.54) is 0 Å². The van der Waals surface area contributed by atoms with Crippen LogP contribution in [0.25, 0.3) is 11.1 Å². The summed E-state index contributed by atoms with van der Waals surface area (Å²) < 4.78 is 5.48. The van der Waals surface area contributed by atoms with Crippen molar-refractivity contribution in [3.05, 3.63) is 59.7 Å². The third-order valence-corrected chi connectivity index (χ3v) is 5.52. The molecule has 1 aliphatic carbocycles. The Bertz CT molecular complexity index is 946. The number of nitrogens with zero attached hydrogens (tertiary/aromatic N) is 1.